The number of aromatic nitrogens is 4. The topological polar surface area (TPSA) is 137 Å². The smallest absolute Gasteiger partial charge is 0.310 e. The number of ketones is 1. The maximum atomic E-state index is 11.8. The minimum atomic E-state index is -1.24. The molecule has 0 saturated carbocycles. The zero-order valence-corrected chi connectivity index (χ0v) is 19.6. The minimum Gasteiger partial charge on any atom is -0.497 e. The second-order valence-corrected chi connectivity index (χ2v) is 7.61. The highest BCUT2D eigenvalue weighted by atomic mass is 16.5. The Hall–Kier alpha value is -4.31. The molecule has 2 aromatic carbocycles. The number of nitrogens with zero attached hydrogens (tertiary/aromatic N) is 4. The van der Waals surface area contributed by atoms with Crippen molar-refractivity contribution in [3.8, 4) is 11.5 Å². The van der Waals surface area contributed by atoms with Crippen molar-refractivity contribution in [2.24, 2.45) is 7.05 Å². The first kappa shape index (κ1) is 25.3. The minimum absolute atomic E-state index is 0.326. The van der Waals surface area contributed by atoms with Gasteiger partial charge in [0.2, 0.25) is 0 Å². The van der Waals surface area contributed by atoms with Gasteiger partial charge in [-0.15, -0.1) is 5.10 Å². The molecule has 3 rings (SSSR count). The van der Waals surface area contributed by atoms with Crippen LogP contribution in [0.5, 0.6) is 11.5 Å². The number of hydrogen-bond donors (Lipinski definition) is 2. The predicted molar refractivity (Wildman–Crippen MR) is 128 cm³/mol. The summed E-state index contributed by atoms with van der Waals surface area (Å²) in [7, 11) is 4.86. The van der Waals surface area contributed by atoms with E-state index in [0.29, 0.717) is 22.9 Å². The van der Waals surface area contributed by atoms with E-state index in [9.17, 15) is 14.7 Å². The Kier molecular flexibility index (Phi) is 8.47. The van der Waals surface area contributed by atoms with Crippen molar-refractivity contribution in [1.82, 2.24) is 20.2 Å². The van der Waals surface area contributed by atoms with Crippen molar-refractivity contribution in [2.75, 3.05) is 14.2 Å². The number of carboxylic acid groups (broad SMARTS) is 1. The molecule has 10 nitrogen and oxygen atoms in total. The van der Waals surface area contributed by atoms with Gasteiger partial charge in [0, 0.05) is 19.0 Å². The zero-order valence-electron chi connectivity index (χ0n) is 19.6. The maximum Gasteiger partial charge on any atom is 0.310 e. The van der Waals surface area contributed by atoms with Gasteiger partial charge in [-0.3, -0.25) is 9.59 Å². The lowest BCUT2D eigenvalue weighted by molar-refractivity contribution is -0.140. The van der Waals surface area contributed by atoms with Crippen molar-refractivity contribution < 1.29 is 29.3 Å². The highest BCUT2D eigenvalue weighted by molar-refractivity contribution is 6.01. The molecule has 1 heterocycles. The van der Waals surface area contributed by atoms with Crippen molar-refractivity contribution in [3.63, 3.8) is 0 Å². The van der Waals surface area contributed by atoms with E-state index in [2.05, 4.69) is 15.5 Å². The number of aliphatic hydroxyl groups excluding tert-OH is 1. The average molecular weight is 479 g/mol. The van der Waals surface area contributed by atoms with Crippen LogP contribution in [0.4, 0.5) is 0 Å². The van der Waals surface area contributed by atoms with Gasteiger partial charge in [-0.25, -0.2) is 4.68 Å². The van der Waals surface area contributed by atoms with Gasteiger partial charge in [0.05, 0.1) is 20.3 Å². The summed E-state index contributed by atoms with van der Waals surface area (Å²) >= 11 is 0. The van der Waals surface area contributed by atoms with Crippen molar-refractivity contribution in [1.29, 1.82) is 0 Å². The van der Waals surface area contributed by atoms with Crippen molar-refractivity contribution in [2.45, 2.75) is 18.9 Å². The number of aliphatic carboxylic acids is 1. The Morgan fingerprint density at radius 2 is 1.54 bits per heavy atom. The number of methoxy groups -OCH3 is 2. The van der Waals surface area contributed by atoms with Gasteiger partial charge >= 0.3 is 5.97 Å². The molecule has 0 aliphatic heterocycles. The molecular weight excluding hydrogens is 452 g/mol. The van der Waals surface area contributed by atoms with E-state index in [1.165, 1.54) is 10.8 Å². The molecule has 0 fully saturated rings. The van der Waals surface area contributed by atoms with Crippen LogP contribution >= 0.6 is 0 Å². The summed E-state index contributed by atoms with van der Waals surface area (Å²) in [6.07, 6.45) is 0.897. The fraction of sp³-hybridized carbons (Fsp3) is 0.240. The van der Waals surface area contributed by atoms with Crippen LogP contribution in [-0.2, 0) is 16.6 Å². The number of carboxylic acids is 1. The summed E-state index contributed by atoms with van der Waals surface area (Å²) in [6, 6.07) is 14.9. The fourth-order valence-electron chi connectivity index (χ4n) is 3.47. The summed E-state index contributed by atoms with van der Waals surface area (Å²) in [5.74, 6) is -0.0172. The molecule has 2 N–H and O–H groups in total. The second-order valence-electron chi connectivity index (χ2n) is 7.61. The number of tetrazole rings is 1. The number of hydrogen-bond acceptors (Lipinski definition) is 8. The number of Topliss-reactive ketones (excluding diaryl/α,β-unsaturated/α-hetero) is 1. The van der Waals surface area contributed by atoms with E-state index in [1.54, 1.807) is 27.3 Å². The molecular formula is C25H26N4O6. The molecule has 1 unspecified atom stereocenters. The van der Waals surface area contributed by atoms with E-state index in [4.69, 9.17) is 14.6 Å². The Morgan fingerprint density at radius 3 is 1.97 bits per heavy atom. The summed E-state index contributed by atoms with van der Waals surface area (Å²) in [6.45, 7) is 0. The summed E-state index contributed by atoms with van der Waals surface area (Å²) in [4.78, 5) is 22.6. The van der Waals surface area contributed by atoms with Crippen molar-refractivity contribution in [3.05, 3.63) is 77.6 Å². The van der Waals surface area contributed by atoms with E-state index in [0.717, 1.165) is 16.7 Å². The molecule has 0 bridgehead atoms. The van der Waals surface area contributed by atoms with Gasteiger partial charge < -0.3 is 19.7 Å². The van der Waals surface area contributed by atoms with Crippen LogP contribution in [0.2, 0.25) is 0 Å². The standard InChI is InChI=1S/C25H26N4O6/c1-29-25(26-27-28-29)22(13-8-18(30)14-19(31)15-23(32)33)24(16-4-9-20(34-2)10-5-16)17-6-11-21(35-3)12-7-17/h4-13,18,30H,14-15H2,1-3H3,(H,32,33)/b13-8+. The van der Waals surface area contributed by atoms with Crippen LogP contribution in [-0.4, -0.2) is 62.5 Å². The molecule has 10 heteroatoms. The molecule has 1 aromatic heterocycles. The summed E-state index contributed by atoms with van der Waals surface area (Å²) in [5.41, 5.74) is 3.00. The van der Waals surface area contributed by atoms with Crippen LogP contribution < -0.4 is 9.47 Å². The summed E-state index contributed by atoms with van der Waals surface area (Å²) in [5, 5.41) is 31.0. The van der Waals surface area contributed by atoms with Gasteiger partial charge in [-0.05, 0) is 51.4 Å². The largest absolute Gasteiger partial charge is 0.497 e. The Labute approximate surface area is 202 Å². The normalized spacial score (nSPS) is 11.8. The third-order valence-corrected chi connectivity index (χ3v) is 5.16. The van der Waals surface area contributed by atoms with E-state index < -0.39 is 24.3 Å². The number of rotatable bonds is 11. The number of aliphatic hydroxyl groups is 1. The molecule has 0 spiro atoms. The average Bonchev–Trinajstić information content (AvgIpc) is 3.27. The Balaban J connectivity index is 2.16. The molecule has 35 heavy (non-hydrogen) atoms. The first-order valence-electron chi connectivity index (χ1n) is 10.7. The quantitative estimate of drug-likeness (QED) is 0.315. The lowest BCUT2D eigenvalue weighted by Crippen LogP contribution is -2.14. The van der Waals surface area contributed by atoms with E-state index >= 15 is 0 Å². The first-order valence-corrected chi connectivity index (χ1v) is 10.7. The molecule has 3 aromatic rings. The highest BCUT2D eigenvalue weighted by Gasteiger charge is 2.18. The summed E-state index contributed by atoms with van der Waals surface area (Å²) < 4.78 is 12.1. The SMILES string of the molecule is COc1ccc(C(=C(/C=C/C(O)CC(=O)CC(=O)O)c2nnnn2C)c2ccc(OC)cc2)cc1. The lowest BCUT2D eigenvalue weighted by atomic mass is 9.91. The van der Waals surface area contributed by atoms with Crippen LogP contribution in [0.15, 0.2) is 60.7 Å². The number of allylic oxidation sites excluding steroid dienone is 2. The second kappa shape index (κ2) is 11.7. The first-order chi connectivity index (χ1) is 16.8. The van der Waals surface area contributed by atoms with E-state index in [-0.39, 0.29) is 6.42 Å². The monoisotopic (exact) mass is 478 g/mol. The zero-order chi connectivity index (χ0) is 25.4. The van der Waals surface area contributed by atoms with Crippen LogP contribution in [0.1, 0.15) is 29.8 Å². The maximum absolute atomic E-state index is 11.8. The highest BCUT2D eigenvalue weighted by Crippen LogP contribution is 2.34. The van der Waals surface area contributed by atoms with Crippen LogP contribution in [0, 0.1) is 0 Å². The van der Waals surface area contributed by atoms with Gasteiger partial charge in [-0.1, -0.05) is 36.4 Å². The molecule has 0 amide bonds. The number of benzene rings is 2. The predicted octanol–water partition coefficient (Wildman–Crippen LogP) is 2.54. The molecule has 182 valence electrons. The van der Waals surface area contributed by atoms with Gasteiger partial charge in [0.15, 0.2) is 5.82 Å². The number of carbonyl (C=O) groups excluding carboxylic acids is 1. The third kappa shape index (κ3) is 6.61. The van der Waals surface area contributed by atoms with Gasteiger partial charge in [0.1, 0.15) is 23.7 Å². The third-order valence-electron chi connectivity index (χ3n) is 5.16. The molecule has 1 atom stereocenters. The lowest BCUT2D eigenvalue weighted by Gasteiger charge is -2.15. The number of carbonyl (C=O) groups is 2. The molecule has 0 saturated heterocycles. The van der Waals surface area contributed by atoms with Crippen molar-refractivity contribution >= 4 is 22.9 Å². The molecule has 0 aliphatic carbocycles. The van der Waals surface area contributed by atoms with Gasteiger partial charge in [-0.2, -0.15) is 0 Å². The van der Waals surface area contributed by atoms with E-state index in [1.807, 2.05) is 48.5 Å². The van der Waals surface area contributed by atoms with Crippen LogP contribution in [0.3, 0.4) is 0 Å². The number of aryl methyl sites for hydroxylation is 1. The Bertz CT molecular complexity index is 1180. The Morgan fingerprint density at radius 1 is 1.00 bits per heavy atom. The molecule has 0 radical (unpaired) electrons. The van der Waals surface area contributed by atoms with Crippen LogP contribution in [0.25, 0.3) is 11.1 Å². The number of ether oxygens (including phenoxy) is 2. The fourth-order valence-corrected chi connectivity index (χ4v) is 3.47. The molecule has 0 aliphatic rings. The van der Waals surface area contributed by atoms with Gasteiger partial charge in [0.25, 0.3) is 0 Å².